The van der Waals surface area contributed by atoms with Crippen LogP contribution in [-0.4, -0.2) is 27.8 Å². The molecular formula is C15H14N2O5S. The van der Waals surface area contributed by atoms with Gasteiger partial charge < -0.3 is 9.52 Å². The van der Waals surface area contributed by atoms with E-state index in [4.69, 9.17) is 9.52 Å². The molecule has 1 aromatic heterocycles. The van der Waals surface area contributed by atoms with Gasteiger partial charge in [0.2, 0.25) is 0 Å². The van der Waals surface area contributed by atoms with Crippen LogP contribution in [0, 0.1) is 17.0 Å². The average Bonchev–Trinajstić information content (AvgIpc) is 3.16. The van der Waals surface area contributed by atoms with Gasteiger partial charge in [-0.3, -0.25) is 20.2 Å². The van der Waals surface area contributed by atoms with Crippen molar-refractivity contribution in [2.75, 3.05) is 5.75 Å². The van der Waals surface area contributed by atoms with Gasteiger partial charge in [-0.1, -0.05) is 6.07 Å². The molecule has 3 rings (SSSR count). The van der Waals surface area contributed by atoms with Crippen molar-refractivity contribution in [3.63, 3.8) is 0 Å². The third-order valence-electron chi connectivity index (χ3n) is 3.66. The number of nitrogens with one attached hydrogen (secondary N) is 1. The Balaban J connectivity index is 1.87. The molecule has 0 amide bonds. The smallest absolute Gasteiger partial charge is 0.321 e. The number of carboxylic acid groups (broad SMARTS) is 1. The number of nitro groups is 1. The predicted molar refractivity (Wildman–Crippen MR) is 85.3 cm³/mol. The Morgan fingerprint density at radius 1 is 1.43 bits per heavy atom. The number of furan rings is 1. The lowest BCUT2D eigenvalue weighted by atomic mass is 10.1. The van der Waals surface area contributed by atoms with Crippen molar-refractivity contribution in [1.29, 1.82) is 0 Å². The molecule has 1 aliphatic rings. The number of nitro benzene ring substituents is 1. The van der Waals surface area contributed by atoms with Crippen molar-refractivity contribution in [2.24, 2.45) is 0 Å². The van der Waals surface area contributed by atoms with E-state index in [1.54, 1.807) is 18.2 Å². The van der Waals surface area contributed by atoms with Gasteiger partial charge in [-0.2, -0.15) is 0 Å². The number of aryl methyl sites for hydroxylation is 1. The molecule has 0 bridgehead atoms. The first-order valence-electron chi connectivity index (χ1n) is 6.91. The van der Waals surface area contributed by atoms with Gasteiger partial charge in [-0.15, -0.1) is 11.8 Å². The van der Waals surface area contributed by atoms with Gasteiger partial charge in [0.15, 0.2) is 0 Å². The molecule has 1 fully saturated rings. The van der Waals surface area contributed by atoms with E-state index in [0.717, 1.165) is 5.56 Å². The highest BCUT2D eigenvalue weighted by molar-refractivity contribution is 7.99. The third-order valence-corrected chi connectivity index (χ3v) is 4.89. The fraction of sp³-hybridized carbons (Fsp3) is 0.267. The van der Waals surface area contributed by atoms with Crippen LogP contribution in [0.1, 0.15) is 16.7 Å². The number of rotatable bonds is 4. The van der Waals surface area contributed by atoms with Crippen LogP contribution in [0.15, 0.2) is 34.7 Å². The van der Waals surface area contributed by atoms with E-state index in [9.17, 15) is 14.9 Å². The van der Waals surface area contributed by atoms with E-state index in [1.165, 1.54) is 23.9 Å². The van der Waals surface area contributed by atoms with Gasteiger partial charge in [-0.05, 0) is 24.6 Å². The SMILES string of the molecule is Cc1ccc([N+](=O)[O-])cc1-c1ccc([C@@H]2N[C@@H](C(=O)O)CS2)o1. The van der Waals surface area contributed by atoms with Crippen LogP contribution in [0.2, 0.25) is 0 Å². The first kappa shape index (κ1) is 15.6. The molecule has 0 aliphatic carbocycles. The largest absolute Gasteiger partial charge is 0.480 e. The zero-order chi connectivity index (χ0) is 16.6. The number of nitrogens with zero attached hydrogens (tertiary/aromatic N) is 1. The van der Waals surface area contributed by atoms with Crippen LogP contribution in [-0.2, 0) is 4.79 Å². The van der Waals surface area contributed by atoms with Crippen LogP contribution < -0.4 is 5.32 Å². The maximum absolute atomic E-state index is 11.0. The Hall–Kier alpha value is -2.32. The van der Waals surface area contributed by atoms with Gasteiger partial charge >= 0.3 is 5.97 Å². The molecule has 23 heavy (non-hydrogen) atoms. The van der Waals surface area contributed by atoms with Crippen LogP contribution in [0.5, 0.6) is 0 Å². The van der Waals surface area contributed by atoms with Crippen molar-refractivity contribution in [1.82, 2.24) is 5.32 Å². The van der Waals surface area contributed by atoms with Crippen LogP contribution in [0.3, 0.4) is 0 Å². The summed E-state index contributed by atoms with van der Waals surface area (Å²) in [5, 5.41) is 22.7. The molecule has 0 radical (unpaired) electrons. The van der Waals surface area contributed by atoms with Crippen molar-refractivity contribution in [3.8, 4) is 11.3 Å². The summed E-state index contributed by atoms with van der Waals surface area (Å²) in [4.78, 5) is 21.5. The van der Waals surface area contributed by atoms with Crippen molar-refractivity contribution in [3.05, 3.63) is 51.8 Å². The first-order chi connectivity index (χ1) is 11.0. The molecule has 1 saturated heterocycles. The highest BCUT2D eigenvalue weighted by Crippen LogP contribution is 2.37. The number of benzene rings is 1. The molecule has 0 spiro atoms. The standard InChI is InChI=1S/C15H14N2O5S/c1-8-2-3-9(17(20)21)6-10(8)12-4-5-13(22-12)14-16-11(7-23-14)15(18)19/h2-6,11,14,16H,7H2,1H3,(H,18,19)/t11-,14-/m1/s1. The second kappa shape index (κ2) is 6.05. The minimum atomic E-state index is -0.888. The van der Waals surface area contributed by atoms with Crippen molar-refractivity contribution >= 4 is 23.4 Å². The Morgan fingerprint density at radius 3 is 2.87 bits per heavy atom. The van der Waals surface area contributed by atoms with E-state index in [0.29, 0.717) is 22.8 Å². The highest BCUT2D eigenvalue weighted by Gasteiger charge is 2.32. The molecule has 2 atom stereocenters. The molecule has 120 valence electrons. The highest BCUT2D eigenvalue weighted by atomic mass is 32.2. The summed E-state index contributed by atoms with van der Waals surface area (Å²) in [6.45, 7) is 1.85. The monoisotopic (exact) mass is 334 g/mol. The molecule has 2 N–H and O–H groups in total. The van der Waals surface area contributed by atoms with Gasteiger partial charge in [0.1, 0.15) is 22.9 Å². The first-order valence-corrected chi connectivity index (χ1v) is 7.96. The van der Waals surface area contributed by atoms with Crippen LogP contribution in [0.25, 0.3) is 11.3 Å². The van der Waals surface area contributed by atoms with Gasteiger partial charge in [-0.25, -0.2) is 0 Å². The quantitative estimate of drug-likeness (QED) is 0.654. The minimum Gasteiger partial charge on any atom is -0.480 e. The maximum Gasteiger partial charge on any atom is 0.321 e. The van der Waals surface area contributed by atoms with Gasteiger partial charge in [0, 0.05) is 23.4 Å². The van der Waals surface area contributed by atoms with Gasteiger partial charge in [0.25, 0.3) is 5.69 Å². The number of hydrogen-bond acceptors (Lipinski definition) is 6. The Morgan fingerprint density at radius 2 is 2.22 bits per heavy atom. The summed E-state index contributed by atoms with van der Waals surface area (Å²) in [6.07, 6.45) is 0. The summed E-state index contributed by atoms with van der Waals surface area (Å²) in [6, 6.07) is 7.53. The summed E-state index contributed by atoms with van der Waals surface area (Å²) in [5.41, 5.74) is 1.53. The lowest BCUT2D eigenvalue weighted by Crippen LogP contribution is -2.33. The number of thioether (sulfide) groups is 1. The van der Waals surface area contributed by atoms with E-state index in [1.807, 2.05) is 6.92 Å². The fourth-order valence-corrected chi connectivity index (χ4v) is 3.58. The van der Waals surface area contributed by atoms with E-state index >= 15 is 0 Å². The average molecular weight is 334 g/mol. The zero-order valence-corrected chi connectivity index (χ0v) is 13.0. The van der Waals surface area contributed by atoms with Gasteiger partial charge in [0.05, 0.1) is 4.92 Å². The minimum absolute atomic E-state index is 0.00265. The lowest BCUT2D eigenvalue weighted by Gasteiger charge is -2.08. The molecule has 2 aromatic rings. The Labute approximate surface area is 135 Å². The van der Waals surface area contributed by atoms with Crippen molar-refractivity contribution in [2.45, 2.75) is 18.3 Å². The summed E-state index contributed by atoms with van der Waals surface area (Å²) in [5.74, 6) is 0.717. The Kier molecular flexibility index (Phi) is 4.10. The second-order valence-corrected chi connectivity index (χ2v) is 6.37. The lowest BCUT2D eigenvalue weighted by molar-refractivity contribution is -0.384. The maximum atomic E-state index is 11.0. The summed E-state index contributed by atoms with van der Waals surface area (Å²) in [7, 11) is 0. The van der Waals surface area contributed by atoms with E-state index in [-0.39, 0.29) is 11.1 Å². The van der Waals surface area contributed by atoms with Crippen LogP contribution >= 0.6 is 11.8 Å². The number of aliphatic carboxylic acids is 1. The molecule has 0 saturated carbocycles. The summed E-state index contributed by atoms with van der Waals surface area (Å²) >= 11 is 1.46. The number of hydrogen-bond donors (Lipinski definition) is 2. The number of non-ortho nitro benzene ring substituents is 1. The van der Waals surface area contributed by atoms with Crippen molar-refractivity contribution < 1.29 is 19.2 Å². The molecule has 1 aliphatic heterocycles. The van der Waals surface area contributed by atoms with E-state index in [2.05, 4.69) is 5.32 Å². The molecule has 2 heterocycles. The third kappa shape index (κ3) is 3.08. The molecule has 0 unspecified atom stereocenters. The normalized spacial score (nSPS) is 20.6. The topological polar surface area (TPSA) is 106 Å². The molecule has 1 aromatic carbocycles. The molecular weight excluding hydrogens is 320 g/mol. The number of carbonyl (C=O) groups is 1. The predicted octanol–water partition coefficient (Wildman–Crippen LogP) is 2.95. The Bertz CT molecular complexity index is 773. The van der Waals surface area contributed by atoms with E-state index < -0.39 is 16.9 Å². The second-order valence-electron chi connectivity index (χ2n) is 5.23. The zero-order valence-electron chi connectivity index (χ0n) is 12.2. The van der Waals surface area contributed by atoms with Crippen LogP contribution in [0.4, 0.5) is 5.69 Å². The molecule has 7 nitrogen and oxygen atoms in total. The number of carboxylic acids is 1. The fourth-order valence-electron chi connectivity index (χ4n) is 2.41. The summed E-state index contributed by atoms with van der Waals surface area (Å²) < 4.78 is 5.80. The molecule has 8 heteroatoms.